The Hall–Kier alpha value is -4.93. The van der Waals surface area contributed by atoms with Gasteiger partial charge in [0, 0.05) is 54.1 Å². The van der Waals surface area contributed by atoms with Crippen LogP contribution in [0.5, 0.6) is 0 Å². The molecular formula is C49H84N8O9. The molecule has 1 heterocycles. The summed E-state index contributed by atoms with van der Waals surface area (Å²) in [7, 11) is 7.37. The Morgan fingerprint density at radius 1 is 0.652 bits per heavy atom. The van der Waals surface area contributed by atoms with E-state index in [0.717, 1.165) is 10.5 Å². The van der Waals surface area contributed by atoms with Crippen LogP contribution in [0.25, 0.3) is 0 Å². The van der Waals surface area contributed by atoms with Gasteiger partial charge >= 0.3 is 0 Å². The highest BCUT2D eigenvalue weighted by molar-refractivity contribution is 5.98. The normalized spacial score (nSPS) is 15.2. The molecule has 8 amide bonds. The van der Waals surface area contributed by atoms with Crippen LogP contribution in [-0.2, 0) is 44.8 Å². The Morgan fingerprint density at radius 3 is 1.70 bits per heavy atom. The molecule has 0 aliphatic heterocycles. The first-order valence-electron chi connectivity index (χ1n) is 23.7. The van der Waals surface area contributed by atoms with Gasteiger partial charge in [-0.05, 0) is 99.2 Å². The van der Waals surface area contributed by atoms with Crippen LogP contribution in [0.4, 0.5) is 0 Å². The SMILES string of the molecule is CC[C@H](NC(=O)[C@H]([C@H](O)[C@H](C)CCCc1ccncc1)N(C)C(=O)[C@H](C(C)C)N(C)C(=O)[C@H](CC(C)C)N(C)C(=O)CCC(C)C)C(=O)N(C)[C@H](C)C(=O)N(C)[C@@H](CC(C)C)C(=O)NC=O. The molecule has 0 aliphatic carbocycles. The van der Waals surface area contributed by atoms with Crippen molar-refractivity contribution in [1.82, 2.24) is 40.1 Å². The predicted octanol–water partition coefficient (Wildman–Crippen LogP) is 3.91. The van der Waals surface area contributed by atoms with E-state index in [0.29, 0.717) is 32.1 Å². The summed E-state index contributed by atoms with van der Waals surface area (Å²) in [6, 6.07) is -2.95. The van der Waals surface area contributed by atoms with Gasteiger partial charge in [-0.15, -0.1) is 0 Å². The van der Waals surface area contributed by atoms with Crippen molar-refractivity contribution in [2.45, 2.75) is 170 Å². The van der Waals surface area contributed by atoms with Crippen molar-refractivity contribution in [2.75, 3.05) is 35.2 Å². The Kier molecular flexibility index (Phi) is 25.3. The number of imide groups is 1. The van der Waals surface area contributed by atoms with Crippen LogP contribution in [0, 0.1) is 29.6 Å². The molecule has 0 fully saturated rings. The number of aryl methyl sites for hydroxylation is 1. The van der Waals surface area contributed by atoms with E-state index in [1.54, 1.807) is 47.1 Å². The minimum Gasteiger partial charge on any atom is -0.390 e. The van der Waals surface area contributed by atoms with E-state index in [1.165, 1.54) is 54.7 Å². The molecule has 0 radical (unpaired) electrons. The standard InChI is InChI=1S/C49H84N8O9/c1-17-37(47(64)53(12)35(11)46(63)55(14)38(27-31(4)5)44(61)51-29-58)52-45(62)42(43(60)34(10)19-18-20-36-23-25-50-26-24-36)57(16)49(66)41(33(8)9)56(15)48(65)39(28-32(6)7)54(13)40(59)22-21-30(2)3/h23-26,29-35,37-39,41-43,60H,17-22,27-28H2,1-16H3,(H,52,62)(H,51,58,61)/t34-,35-,37+,38+,39+,41+,42+,43-/m1/s1. The number of hydrogen-bond acceptors (Lipinski definition) is 10. The zero-order chi connectivity index (χ0) is 50.7. The molecule has 0 saturated carbocycles. The molecule has 3 N–H and O–H groups in total. The maximum atomic E-state index is 14.9. The van der Waals surface area contributed by atoms with Crippen LogP contribution < -0.4 is 10.6 Å². The minimum absolute atomic E-state index is 0.00951. The van der Waals surface area contributed by atoms with E-state index in [9.17, 15) is 43.5 Å². The van der Waals surface area contributed by atoms with Crippen LogP contribution in [0.15, 0.2) is 24.5 Å². The van der Waals surface area contributed by atoms with Crippen molar-refractivity contribution >= 4 is 47.8 Å². The number of nitrogens with one attached hydrogen (secondary N) is 2. The maximum absolute atomic E-state index is 14.9. The van der Waals surface area contributed by atoms with Gasteiger partial charge < -0.3 is 34.9 Å². The van der Waals surface area contributed by atoms with Gasteiger partial charge in [-0.25, -0.2) is 0 Å². The fourth-order valence-corrected chi connectivity index (χ4v) is 8.16. The van der Waals surface area contributed by atoms with Gasteiger partial charge in [-0.2, -0.15) is 0 Å². The number of aliphatic hydroxyl groups is 1. The molecule has 0 saturated heterocycles. The minimum atomic E-state index is -1.52. The highest BCUT2D eigenvalue weighted by Crippen LogP contribution is 2.25. The summed E-state index contributed by atoms with van der Waals surface area (Å²) in [6.07, 6.45) is 5.67. The van der Waals surface area contributed by atoms with E-state index < -0.39 is 89.6 Å². The van der Waals surface area contributed by atoms with Crippen molar-refractivity contribution in [1.29, 1.82) is 0 Å². The van der Waals surface area contributed by atoms with Crippen LogP contribution in [0.1, 0.15) is 127 Å². The lowest BCUT2D eigenvalue weighted by Gasteiger charge is -2.41. The van der Waals surface area contributed by atoms with Crippen molar-refractivity contribution in [3.05, 3.63) is 30.1 Å². The van der Waals surface area contributed by atoms with Crippen molar-refractivity contribution in [3.8, 4) is 0 Å². The first-order valence-corrected chi connectivity index (χ1v) is 23.7. The molecular weight excluding hydrogens is 845 g/mol. The molecule has 1 aromatic rings. The first kappa shape index (κ1) is 59.1. The zero-order valence-electron chi connectivity index (χ0n) is 42.9. The number of likely N-dealkylation sites (N-methyl/N-ethyl adjacent to an activating group) is 5. The van der Waals surface area contributed by atoms with E-state index in [1.807, 2.05) is 53.7 Å². The van der Waals surface area contributed by atoms with E-state index >= 15 is 0 Å². The van der Waals surface area contributed by atoms with Gasteiger partial charge in [0.15, 0.2) is 0 Å². The summed E-state index contributed by atoms with van der Waals surface area (Å²) in [5.41, 5.74) is 1.05. The highest BCUT2D eigenvalue weighted by atomic mass is 16.3. The predicted molar refractivity (Wildman–Crippen MR) is 255 cm³/mol. The van der Waals surface area contributed by atoms with E-state index in [-0.39, 0.29) is 49.3 Å². The molecule has 8 atom stereocenters. The average molecular weight is 929 g/mol. The average Bonchev–Trinajstić information content (AvgIpc) is 3.26. The molecule has 374 valence electrons. The number of amides is 8. The second-order valence-electron chi connectivity index (χ2n) is 19.6. The van der Waals surface area contributed by atoms with Gasteiger partial charge in [0.25, 0.3) is 0 Å². The summed E-state index contributed by atoms with van der Waals surface area (Å²) >= 11 is 0. The molecule has 1 rings (SSSR count). The molecule has 0 bridgehead atoms. The fourth-order valence-electron chi connectivity index (χ4n) is 8.16. The van der Waals surface area contributed by atoms with Crippen molar-refractivity contribution < 1.29 is 43.5 Å². The molecule has 0 unspecified atom stereocenters. The molecule has 17 heteroatoms. The monoisotopic (exact) mass is 929 g/mol. The van der Waals surface area contributed by atoms with Gasteiger partial charge in [-0.1, -0.05) is 69.2 Å². The Bertz CT molecular complexity index is 1740. The van der Waals surface area contributed by atoms with Gasteiger partial charge in [0.1, 0.15) is 36.3 Å². The van der Waals surface area contributed by atoms with Gasteiger partial charge in [0.05, 0.1) is 6.10 Å². The zero-order valence-corrected chi connectivity index (χ0v) is 42.9. The number of carbonyl (C=O) groups is 8. The lowest BCUT2D eigenvalue weighted by Crippen LogP contribution is -2.63. The summed E-state index contributed by atoms with van der Waals surface area (Å²) < 4.78 is 0. The summed E-state index contributed by atoms with van der Waals surface area (Å²) in [4.78, 5) is 120. The molecule has 0 aromatic carbocycles. The van der Waals surface area contributed by atoms with E-state index in [2.05, 4.69) is 15.6 Å². The number of nitrogens with zero attached hydrogens (tertiary/aromatic N) is 6. The summed E-state index contributed by atoms with van der Waals surface area (Å²) in [5.74, 6) is -4.54. The van der Waals surface area contributed by atoms with Crippen LogP contribution >= 0.6 is 0 Å². The fraction of sp³-hybridized carbons (Fsp3) is 0.735. The molecule has 0 aliphatic rings. The molecule has 1 aromatic heterocycles. The lowest BCUT2D eigenvalue weighted by molar-refractivity contribution is -0.156. The molecule has 0 spiro atoms. The number of hydrogen-bond donors (Lipinski definition) is 3. The number of aliphatic hydroxyl groups excluding tert-OH is 1. The number of aromatic nitrogens is 1. The quantitative estimate of drug-likeness (QED) is 0.103. The van der Waals surface area contributed by atoms with Crippen molar-refractivity contribution in [2.24, 2.45) is 29.6 Å². The van der Waals surface area contributed by atoms with Crippen molar-refractivity contribution in [3.63, 3.8) is 0 Å². The second-order valence-corrected chi connectivity index (χ2v) is 19.6. The Labute approximate surface area is 395 Å². The van der Waals surface area contributed by atoms with Crippen LogP contribution in [0.2, 0.25) is 0 Å². The van der Waals surface area contributed by atoms with Crippen LogP contribution in [0.3, 0.4) is 0 Å². The Balaban J connectivity index is 3.64. The van der Waals surface area contributed by atoms with Crippen LogP contribution in [-0.4, -0.2) is 160 Å². The third-order valence-electron chi connectivity index (χ3n) is 12.6. The summed E-state index contributed by atoms with van der Waals surface area (Å²) in [5, 5.41) is 17.0. The Morgan fingerprint density at radius 2 is 1.20 bits per heavy atom. The second kappa shape index (κ2) is 28.3. The number of carbonyl (C=O) groups excluding carboxylic acids is 8. The maximum Gasteiger partial charge on any atom is 0.249 e. The topological polar surface area (TPSA) is 210 Å². The summed E-state index contributed by atoms with van der Waals surface area (Å²) in [6.45, 7) is 20.2. The smallest absolute Gasteiger partial charge is 0.249 e. The molecule has 17 nitrogen and oxygen atoms in total. The van der Waals surface area contributed by atoms with Gasteiger partial charge in [-0.3, -0.25) is 48.7 Å². The van der Waals surface area contributed by atoms with E-state index in [4.69, 9.17) is 0 Å². The first-order chi connectivity index (χ1) is 30.7. The molecule has 66 heavy (non-hydrogen) atoms. The number of pyridine rings is 1. The van der Waals surface area contributed by atoms with Gasteiger partial charge in [0.2, 0.25) is 47.8 Å². The lowest BCUT2D eigenvalue weighted by atomic mass is 9.89. The highest BCUT2D eigenvalue weighted by Gasteiger charge is 2.44. The largest absolute Gasteiger partial charge is 0.390 e. The third-order valence-corrected chi connectivity index (χ3v) is 12.6. The number of rotatable bonds is 28. The third kappa shape index (κ3) is 17.4.